The van der Waals surface area contributed by atoms with E-state index in [4.69, 9.17) is 4.74 Å². The first-order valence-corrected chi connectivity index (χ1v) is 9.89. The van der Waals surface area contributed by atoms with Crippen molar-refractivity contribution < 1.29 is 19.1 Å². The predicted molar refractivity (Wildman–Crippen MR) is 111 cm³/mol. The second-order valence-electron chi connectivity index (χ2n) is 6.77. The summed E-state index contributed by atoms with van der Waals surface area (Å²) in [5.41, 5.74) is 1.33. The Kier molecular flexibility index (Phi) is 8.89. The van der Waals surface area contributed by atoms with E-state index in [0.717, 1.165) is 18.4 Å². The van der Waals surface area contributed by atoms with E-state index in [1.54, 1.807) is 24.3 Å². The summed E-state index contributed by atoms with van der Waals surface area (Å²) in [7, 11) is 0. The molecule has 0 saturated carbocycles. The summed E-state index contributed by atoms with van der Waals surface area (Å²) in [5.74, 6) is -1.36. The van der Waals surface area contributed by atoms with Gasteiger partial charge in [-0.05, 0) is 30.5 Å². The molecule has 2 N–H and O–H groups in total. The lowest BCUT2D eigenvalue weighted by molar-refractivity contribution is -0.150. The number of benzene rings is 2. The van der Waals surface area contributed by atoms with Crippen molar-refractivity contribution in [3.8, 4) is 0 Å². The number of rotatable bonds is 10. The number of nitrogens with one attached hydrogen (secondary N) is 2. The molecule has 6 nitrogen and oxygen atoms in total. The zero-order valence-corrected chi connectivity index (χ0v) is 16.9. The maximum absolute atomic E-state index is 12.6. The molecule has 0 radical (unpaired) electrons. The zero-order chi connectivity index (χ0) is 21.1. The molecule has 0 bridgehead atoms. The summed E-state index contributed by atoms with van der Waals surface area (Å²) in [6.07, 6.45) is 1.88. The van der Waals surface area contributed by atoms with E-state index in [9.17, 15) is 14.4 Å². The quantitative estimate of drug-likeness (QED) is 0.605. The predicted octanol–water partition coefficient (Wildman–Crippen LogP) is 2.88. The topological polar surface area (TPSA) is 84.5 Å². The lowest BCUT2D eigenvalue weighted by atomic mass is 10.1. The lowest BCUT2D eigenvalue weighted by Gasteiger charge is -2.19. The molecule has 0 unspecified atom stereocenters. The highest BCUT2D eigenvalue weighted by Gasteiger charge is 2.24. The van der Waals surface area contributed by atoms with Gasteiger partial charge in [-0.25, -0.2) is 4.79 Å². The minimum absolute atomic E-state index is 0.0547. The van der Waals surface area contributed by atoms with Crippen molar-refractivity contribution in [3.63, 3.8) is 0 Å². The average molecular weight is 396 g/mol. The van der Waals surface area contributed by atoms with Crippen LogP contribution in [0.1, 0.15) is 42.6 Å². The average Bonchev–Trinajstić information content (AvgIpc) is 2.76. The van der Waals surface area contributed by atoms with Gasteiger partial charge < -0.3 is 15.4 Å². The van der Waals surface area contributed by atoms with Crippen molar-refractivity contribution >= 4 is 17.8 Å². The summed E-state index contributed by atoms with van der Waals surface area (Å²) in [6.45, 7) is 3.59. The fourth-order valence-corrected chi connectivity index (χ4v) is 2.87. The van der Waals surface area contributed by atoms with Crippen LogP contribution in [-0.4, -0.2) is 36.5 Å². The monoisotopic (exact) mass is 396 g/mol. The summed E-state index contributed by atoms with van der Waals surface area (Å²) < 4.78 is 5.20. The largest absolute Gasteiger partial charge is 0.454 e. The second-order valence-corrected chi connectivity index (χ2v) is 6.77. The number of amides is 2. The summed E-state index contributed by atoms with van der Waals surface area (Å²) >= 11 is 0. The summed E-state index contributed by atoms with van der Waals surface area (Å²) in [5, 5.41) is 5.55. The standard InChI is InChI=1S/C23H28N2O4/c1-3-19(4-2)24-21(26)16-29-23(28)20(15-17-11-7-5-8-12-17)25-22(27)18-13-9-6-10-14-18/h5-14,19-20H,3-4,15-16H2,1-2H3,(H,24,26)(H,25,27)/t20-/m1/s1. The molecule has 0 aromatic heterocycles. The maximum Gasteiger partial charge on any atom is 0.329 e. The molecule has 0 saturated heterocycles. The molecule has 0 aliphatic rings. The minimum Gasteiger partial charge on any atom is -0.454 e. The van der Waals surface area contributed by atoms with Gasteiger partial charge in [0.05, 0.1) is 0 Å². The van der Waals surface area contributed by atoms with Crippen LogP contribution in [0, 0.1) is 0 Å². The third-order valence-electron chi connectivity index (χ3n) is 4.60. The molecule has 154 valence electrons. The number of carbonyl (C=O) groups excluding carboxylic acids is 3. The molecule has 2 aromatic carbocycles. The normalized spacial score (nSPS) is 11.6. The van der Waals surface area contributed by atoms with Crippen molar-refractivity contribution in [3.05, 3.63) is 71.8 Å². The van der Waals surface area contributed by atoms with Gasteiger partial charge in [0.15, 0.2) is 6.61 Å². The van der Waals surface area contributed by atoms with Crippen molar-refractivity contribution in [2.75, 3.05) is 6.61 Å². The third kappa shape index (κ3) is 7.41. The van der Waals surface area contributed by atoms with E-state index >= 15 is 0 Å². The van der Waals surface area contributed by atoms with Crippen LogP contribution in [0.5, 0.6) is 0 Å². The van der Waals surface area contributed by atoms with Gasteiger partial charge >= 0.3 is 5.97 Å². The molecule has 29 heavy (non-hydrogen) atoms. The van der Waals surface area contributed by atoms with Crippen LogP contribution in [0.25, 0.3) is 0 Å². The van der Waals surface area contributed by atoms with Crippen LogP contribution < -0.4 is 10.6 Å². The number of carbonyl (C=O) groups is 3. The van der Waals surface area contributed by atoms with Crippen LogP contribution in [0.15, 0.2) is 60.7 Å². The third-order valence-corrected chi connectivity index (χ3v) is 4.60. The van der Waals surface area contributed by atoms with Gasteiger partial charge in [0.25, 0.3) is 11.8 Å². The molecule has 0 fully saturated rings. The molecular weight excluding hydrogens is 368 g/mol. The Morgan fingerprint density at radius 2 is 1.45 bits per heavy atom. The zero-order valence-electron chi connectivity index (χ0n) is 16.9. The van der Waals surface area contributed by atoms with E-state index < -0.39 is 12.0 Å². The molecule has 2 rings (SSSR count). The van der Waals surface area contributed by atoms with Crippen LogP contribution in [0.3, 0.4) is 0 Å². The SMILES string of the molecule is CCC(CC)NC(=O)COC(=O)[C@@H](Cc1ccccc1)NC(=O)c1ccccc1. The summed E-state index contributed by atoms with van der Waals surface area (Å²) in [4.78, 5) is 37.2. The highest BCUT2D eigenvalue weighted by molar-refractivity contribution is 5.97. The van der Waals surface area contributed by atoms with Crippen LogP contribution in [0.4, 0.5) is 0 Å². The Bertz CT molecular complexity index is 789. The number of esters is 1. The maximum atomic E-state index is 12.6. The van der Waals surface area contributed by atoms with Gasteiger partial charge in [-0.15, -0.1) is 0 Å². The Morgan fingerprint density at radius 1 is 0.862 bits per heavy atom. The van der Waals surface area contributed by atoms with Crippen LogP contribution >= 0.6 is 0 Å². The minimum atomic E-state index is -0.897. The molecule has 0 heterocycles. The van der Waals surface area contributed by atoms with Gasteiger partial charge in [0.1, 0.15) is 6.04 Å². The van der Waals surface area contributed by atoms with Gasteiger partial charge in [-0.2, -0.15) is 0 Å². The molecule has 2 aromatic rings. The van der Waals surface area contributed by atoms with Gasteiger partial charge in [0, 0.05) is 18.0 Å². The Hall–Kier alpha value is -3.15. The van der Waals surface area contributed by atoms with Gasteiger partial charge in [-0.1, -0.05) is 62.4 Å². The van der Waals surface area contributed by atoms with Crippen molar-refractivity contribution in [2.24, 2.45) is 0 Å². The van der Waals surface area contributed by atoms with E-state index in [2.05, 4.69) is 10.6 Å². The lowest BCUT2D eigenvalue weighted by Crippen LogP contribution is -2.45. The second kappa shape index (κ2) is 11.6. The van der Waals surface area contributed by atoms with Gasteiger partial charge in [-0.3, -0.25) is 9.59 Å². The molecule has 0 aliphatic heterocycles. The highest BCUT2D eigenvalue weighted by atomic mass is 16.5. The fraction of sp³-hybridized carbons (Fsp3) is 0.348. The molecule has 6 heteroatoms. The number of hydrogen-bond donors (Lipinski definition) is 2. The molecule has 0 spiro atoms. The molecular formula is C23H28N2O4. The van der Waals surface area contributed by atoms with Gasteiger partial charge in [0.2, 0.25) is 0 Å². The van der Waals surface area contributed by atoms with E-state index in [1.807, 2.05) is 50.2 Å². The Labute approximate surface area is 171 Å². The first-order valence-electron chi connectivity index (χ1n) is 9.89. The Morgan fingerprint density at radius 3 is 2.03 bits per heavy atom. The van der Waals surface area contributed by atoms with Crippen LogP contribution in [-0.2, 0) is 20.7 Å². The van der Waals surface area contributed by atoms with Crippen LogP contribution in [0.2, 0.25) is 0 Å². The fourth-order valence-electron chi connectivity index (χ4n) is 2.87. The molecule has 1 atom stereocenters. The van der Waals surface area contributed by atoms with E-state index in [0.29, 0.717) is 5.56 Å². The molecule has 0 aliphatic carbocycles. The van der Waals surface area contributed by atoms with Crippen molar-refractivity contribution in [1.82, 2.24) is 10.6 Å². The first kappa shape index (κ1) is 22.1. The van der Waals surface area contributed by atoms with E-state index in [-0.39, 0.29) is 30.9 Å². The smallest absolute Gasteiger partial charge is 0.329 e. The number of hydrogen-bond acceptors (Lipinski definition) is 4. The number of ether oxygens (including phenoxy) is 1. The summed E-state index contributed by atoms with van der Waals surface area (Å²) in [6, 6.07) is 17.1. The van der Waals surface area contributed by atoms with E-state index in [1.165, 1.54) is 0 Å². The molecule has 2 amide bonds. The highest BCUT2D eigenvalue weighted by Crippen LogP contribution is 2.07. The van der Waals surface area contributed by atoms with Crippen molar-refractivity contribution in [2.45, 2.75) is 45.2 Å². The first-order chi connectivity index (χ1) is 14.0. The Balaban J connectivity index is 2.02. The van der Waals surface area contributed by atoms with Crippen molar-refractivity contribution in [1.29, 1.82) is 0 Å².